The molecule has 2 aromatic carbocycles. The molecule has 2 unspecified atom stereocenters. The average molecular weight is 391 g/mol. The Bertz CT molecular complexity index is 907. The van der Waals surface area contributed by atoms with Gasteiger partial charge in [-0.25, -0.2) is 0 Å². The Morgan fingerprint density at radius 1 is 1.10 bits per heavy atom. The molecule has 3 N–H and O–H groups in total. The molecule has 1 aliphatic heterocycles. The molecule has 29 heavy (non-hydrogen) atoms. The molecular formula is C25H30N2O2. The molecule has 2 aliphatic carbocycles. The summed E-state index contributed by atoms with van der Waals surface area (Å²) in [5, 5.41) is 11.0. The summed E-state index contributed by atoms with van der Waals surface area (Å²) in [6.45, 7) is 5.11. The van der Waals surface area contributed by atoms with Gasteiger partial charge in [0.1, 0.15) is 0 Å². The number of fused-ring (bicyclic) bond motifs is 1. The van der Waals surface area contributed by atoms with Crippen molar-refractivity contribution in [2.24, 2.45) is 17.6 Å². The first kappa shape index (κ1) is 18.8. The van der Waals surface area contributed by atoms with Crippen molar-refractivity contribution in [1.82, 2.24) is 4.90 Å². The van der Waals surface area contributed by atoms with Gasteiger partial charge in [0.15, 0.2) is 0 Å². The van der Waals surface area contributed by atoms with Crippen molar-refractivity contribution >= 4 is 5.91 Å². The maximum atomic E-state index is 11.6. The van der Waals surface area contributed by atoms with Crippen molar-refractivity contribution in [2.45, 2.75) is 43.1 Å². The maximum Gasteiger partial charge on any atom is 0.248 e. The molecule has 0 aromatic heterocycles. The van der Waals surface area contributed by atoms with Crippen LogP contribution in [-0.4, -0.2) is 41.1 Å². The molecule has 4 heteroatoms. The Morgan fingerprint density at radius 3 is 2.41 bits per heavy atom. The first-order chi connectivity index (χ1) is 13.9. The molecule has 2 saturated carbocycles. The fourth-order valence-corrected chi connectivity index (χ4v) is 6.43. The quantitative estimate of drug-likeness (QED) is 0.795. The van der Waals surface area contributed by atoms with E-state index in [2.05, 4.69) is 42.2 Å². The number of amides is 1. The maximum absolute atomic E-state index is 11.6. The van der Waals surface area contributed by atoms with E-state index in [9.17, 15) is 9.90 Å². The van der Waals surface area contributed by atoms with Crippen LogP contribution in [0.1, 0.15) is 53.6 Å². The lowest BCUT2D eigenvalue weighted by Crippen LogP contribution is -2.51. The van der Waals surface area contributed by atoms with E-state index in [0.29, 0.717) is 23.3 Å². The van der Waals surface area contributed by atoms with Crippen LogP contribution < -0.4 is 5.73 Å². The second-order valence-electron chi connectivity index (χ2n) is 9.49. The minimum absolute atomic E-state index is 0.177. The van der Waals surface area contributed by atoms with Crippen LogP contribution in [0.15, 0.2) is 54.6 Å². The smallest absolute Gasteiger partial charge is 0.248 e. The molecular weight excluding hydrogens is 360 g/mol. The number of β-amino-alcohol motifs (C(OH)–C–C–N with tert-alkyl or cyclic N) is 1. The molecule has 5 rings (SSSR count). The van der Waals surface area contributed by atoms with Gasteiger partial charge in [-0.2, -0.15) is 0 Å². The number of nitrogens with two attached hydrogens (primary N) is 1. The number of carbonyl (C=O) groups is 1. The van der Waals surface area contributed by atoms with Gasteiger partial charge in [-0.3, -0.25) is 9.69 Å². The van der Waals surface area contributed by atoms with Gasteiger partial charge in [-0.1, -0.05) is 49.4 Å². The second-order valence-corrected chi connectivity index (χ2v) is 9.49. The van der Waals surface area contributed by atoms with Gasteiger partial charge >= 0.3 is 0 Å². The summed E-state index contributed by atoms with van der Waals surface area (Å²) < 4.78 is 0. The number of hydrogen-bond acceptors (Lipinski definition) is 3. The Morgan fingerprint density at radius 2 is 1.79 bits per heavy atom. The number of aliphatic hydroxyl groups is 1. The summed E-state index contributed by atoms with van der Waals surface area (Å²) in [6.07, 6.45) is 2.81. The van der Waals surface area contributed by atoms with E-state index in [1.54, 1.807) is 6.07 Å². The summed E-state index contributed by atoms with van der Waals surface area (Å²) in [7, 11) is 0. The van der Waals surface area contributed by atoms with Crippen LogP contribution >= 0.6 is 0 Å². The van der Waals surface area contributed by atoms with E-state index in [0.717, 1.165) is 38.9 Å². The highest BCUT2D eigenvalue weighted by Gasteiger charge is 2.67. The summed E-state index contributed by atoms with van der Waals surface area (Å²) in [5.74, 6) is 1.36. The third-order valence-electron chi connectivity index (χ3n) is 7.92. The van der Waals surface area contributed by atoms with Crippen LogP contribution in [0.4, 0.5) is 0 Å². The Labute approximate surface area is 172 Å². The predicted octanol–water partition coefficient (Wildman–Crippen LogP) is 3.30. The summed E-state index contributed by atoms with van der Waals surface area (Å²) in [5.41, 5.74) is 8.34. The van der Waals surface area contributed by atoms with Crippen LogP contribution in [0.3, 0.4) is 0 Å². The van der Waals surface area contributed by atoms with Crippen molar-refractivity contribution in [3.05, 3.63) is 71.3 Å². The lowest BCUT2D eigenvalue weighted by molar-refractivity contribution is -0.0712. The molecule has 152 valence electrons. The van der Waals surface area contributed by atoms with Crippen LogP contribution in [0.2, 0.25) is 0 Å². The van der Waals surface area contributed by atoms with Crippen molar-refractivity contribution in [2.75, 3.05) is 19.6 Å². The third-order valence-corrected chi connectivity index (χ3v) is 7.92. The highest BCUT2D eigenvalue weighted by molar-refractivity contribution is 5.93. The number of rotatable bonds is 6. The lowest BCUT2D eigenvalue weighted by Gasteiger charge is -2.46. The van der Waals surface area contributed by atoms with E-state index in [1.165, 1.54) is 11.1 Å². The Balaban J connectivity index is 1.22. The van der Waals surface area contributed by atoms with Gasteiger partial charge in [0.2, 0.25) is 5.91 Å². The van der Waals surface area contributed by atoms with Gasteiger partial charge in [0, 0.05) is 30.6 Å². The predicted molar refractivity (Wildman–Crippen MR) is 114 cm³/mol. The third kappa shape index (κ3) is 3.01. The van der Waals surface area contributed by atoms with E-state index in [4.69, 9.17) is 5.73 Å². The zero-order valence-corrected chi connectivity index (χ0v) is 17.1. The highest BCUT2D eigenvalue weighted by Crippen LogP contribution is 2.65. The normalized spacial score (nSPS) is 35.7. The van der Waals surface area contributed by atoms with E-state index in [-0.39, 0.29) is 11.3 Å². The molecule has 4 nitrogen and oxygen atoms in total. The molecule has 0 spiro atoms. The highest BCUT2D eigenvalue weighted by atomic mass is 16.3. The van der Waals surface area contributed by atoms with Gasteiger partial charge < -0.3 is 10.8 Å². The number of piperidine rings is 1. The molecule has 0 radical (unpaired) electrons. The molecule has 2 aromatic rings. The lowest BCUT2D eigenvalue weighted by atomic mass is 9.67. The van der Waals surface area contributed by atoms with E-state index < -0.39 is 5.60 Å². The first-order valence-corrected chi connectivity index (χ1v) is 10.9. The number of primary amides is 1. The zero-order chi connectivity index (χ0) is 20.2. The fraction of sp³-hybridized carbons (Fsp3) is 0.480. The fourth-order valence-electron chi connectivity index (χ4n) is 6.43. The molecule has 3 aliphatic rings. The van der Waals surface area contributed by atoms with Gasteiger partial charge in [0.05, 0.1) is 5.60 Å². The zero-order valence-electron chi connectivity index (χ0n) is 17.1. The van der Waals surface area contributed by atoms with Gasteiger partial charge in [0.25, 0.3) is 0 Å². The minimum atomic E-state index is -0.544. The number of likely N-dealkylation sites (tertiary alicyclic amines) is 1. The summed E-state index contributed by atoms with van der Waals surface area (Å²) in [6, 6.07) is 18.5. The number of hydrogen-bond donors (Lipinski definition) is 2. The number of benzene rings is 2. The molecule has 2 atom stereocenters. The number of nitrogens with zero attached hydrogens (tertiary/aromatic N) is 1. The van der Waals surface area contributed by atoms with E-state index >= 15 is 0 Å². The SMILES string of the molecule is CCC1(c2cccc(C(N)=O)c2)C2CN(C[C@]3(O)C[C@H](c4ccccc4)C3)CC21. The van der Waals surface area contributed by atoms with Crippen molar-refractivity contribution in [1.29, 1.82) is 0 Å². The minimum Gasteiger partial charge on any atom is -0.389 e. The molecule has 0 bridgehead atoms. The molecule has 1 heterocycles. The van der Waals surface area contributed by atoms with Crippen molar-refractivity contribution in [3.63, 3.8) is 0 Å². The van der Waals surface area contributed by atoms with Crippen LogP contribution in [-0.2, 0) is 5.41 Å². The topological polar surface area (TPSA) is 66.6 Å². The molecule has 1 saturated heterocycles. The monoisotopic (exact) mass is 390 g/mol. The largest absolute Gasteiger partial charge is 0.389 e. The van der Waals surface area contributed by atoms with E-state index in [1.807, 2.05) is 18.2 Å². The standard InChI is InChI=1S/C25H30N2O2/c1-2-25(20-10-6-9-18(11-20)23(26)28)21-14-27(15-22(21)25)16-24(29)12-19(13-24)17-7-4-3-5-8-17/h3-11,19,21-22,29H,2,12-16H2,1H3,(H2,26,28)/t19-,21?,22?,24-,25?. The van der Waals surface area contributed by atoms with Crippen molar-refractivity contribution < 1.29 is 9.90 Å². The first-order valence-electron chi connectivity index (χ1n) is 10.9. The summed E-state index contributed by atoms with van der Waals surface area (Å²) >= 11 is 0. The van der Waals surface area contributed by atoms with Crippen LogP contribution in [0.5, 0.6) is 0 Å². The van der Waals surface area contributed by atoms with Crippen LogP contribution in [0.25, 0.3) is 0 Å². The molecule has 3 fully saturated rings. The number of carbonyl (C=O) groups excluding carboxylic acids is 1. The second kappa shape index (κ2) is 6.68. The Hall–Kier alpha value is -2.17. The molecule has 1 amide bonds. The van der Waals surface area contributed by atoms with Crippen LogP contribution in [0, 0.1) is 11.8 Å². The van der Waals surface area contributed by atoms with Gasteiger partial charge in [-0.05, 0) is 60.3 Å². The summed E-state index contributed by atoms with van der Waals surface area (Å²) in [4.78, 5) is 14.1. The van der Waals surface area contributed by atoms with Gasteiger partial charge in [-0.15, -0.1) is 0 Å². The Kier molecular flexibility index (Phi) is 4.34. The van der Waals surface area contributed by atoms with Crippen molar-refractivity contribution in [3.8, 4) is 0 Å². The average Bonchev–Trinajstić information content (AvgIpc) is 3.10.